The molecule has 28 heavy (non-hydrogen) atoms. The van der Waals surface area contributed by atoms with Gasteiger partial charge in [0.25, 0.3) is 0 Å². The van der Waals surface area contributed by atoms with Crippen LogP contribution in [0.2, 0.25) is 0 Å². The van der Waals surface area contributed by atoms with E-state index in [1.807, 2.05) is 24.3 Å². The number of nitrogen functional groups attached to an aromatic ring is 1. The molecule has 148 valence electrons. The van der Waals surface area contributed by atoms with Crippen molar-refractivity contribution in [2.75, 3.05) is 31.2 Å². The normalized spacial score (nSPS) is 15.0. The van der Waals surface area contributed by atoms with Gasteiger partial charge in [-0.3, -0.25) is 4.79 Å². The molecule has 3 N–H and O–H groups in total. The van der Waals surface area contributed by atoms with E-state index in [4.69, 9.17) is 19.9 Å². The van der Waals surface area contributed by atoms with E-state index in [9.17, 15) is 9.59 Å². The Morgan fingerprint density at radius 3 is 2.89 bits per heavy atom. The zero-order valence-electron chi connectivity index (χ0n) is 15.2. The van der Waals surface area contributed by atoms with E-state index in [-0.39, 0.29) is 35.8 Å². The van der Waals surface area contributed by atoms with Gasteiger partial charge in [0.1, 0.15) is 24.1 Å². The molecule has 1 aromatic carbocycles. The van der Waals surface area contributed by atoms with Crippen LogP contribution in [0.1, 0.15) is 17.3 Å². The van der Waals surface area contributed by atoms with Crippen LogP contribution in [-0.2, 0) is 9.53 Å². The average Bonchev–Trinajstić information content (AvgIpc) is 2.70. The molecule has 0 aliphatic carbocycles. The summed E-state index contributed by atoms with van der Waals surface area (Å²) in [5.41, 5.74) is 5.86. The van der Waals surface area contributed by atoms with Crippen molar-refractivity contribution in [1.82, 2.24) is 15.3 Å². The number of nitrogens with two attached hydrogens (primary N) is 1. The number of fused-ring (bicyclic) bond motifs is 1. The number of hydrogen-bond donors (Lipinski definition) is 2. The van der Waals surface area contributed by atoms with E-state index in [1.165, 1.54) is 6.20 Å². The maximum Gasteiger partial charge on any atom is 0.343 e. The zero-order valence-corrected chi connectivity index (χ0v) is 16.0. The predicted molar refractivity (Wildman–Crippen MR) is 102 cm³/mol. The second-order valence-electron chi connectivity index (χ2n) is 5.76. The van der Waals surface area contributed by atoms with Gasteiger partial charge in [-0.05, 0) is 19.1 Å². The van der Waals surface area contributed by atoms with Crippen LogP contribution in [0.3, 0.4) is 0 Å². The highest BCUT2D eigenvalue weighted by atomic mass is 32.2. The number of nitrogens with zero attached hydrogens (tertiary/aromatic N) is 2. The van der Waals surface area contributed by atoms with E-state index < -0.39 is 5.97 Å². The van der Waals surface area contributed by atoms with Crippen LogP contribution < -0.4 is 20.5 Å². The minimum absolute atomic E-state index is 0.0165. The molecule has 1 aliphatic rings. The van der Waals surface area contributed by atoms with Crippen molar-refractivity contribution in [1.29, 1.82) is 0 Å². The van der Waals surface area contributed by atoms with Crippen LogP contribution in [0.15, 0.2) is 35.6 Å². The van der Waals surface area contributed by atoms with Gasteiger partial charge in [0.2, 0.25) is 5.91 Å². The van der Waals surface area contributed by atoms with Crippen molar-refractivity contribution in [2.24, 2.45) is 0 Å². The van der Waals surface area contributed by atoms with Crippen LogP contribution in [0.4, 0.5) is 5.82 Å². The number of esters is 1. The Labute approximate surface area is 166 Å². The molecule has 1 atom stereocenters. The fourth-order valence-electron chi connectivity index (χ4n) is 2.39. The Morgan fingerprint density at radius 1 is 1.36 bits per heavy atom. The lowest BCUT2D eigenvalue weighted by atomic mass is 10.2. The predicted octanol–water partition coefficient (Wildman–Crippen LogP) is 1.28. The number of carbonyl (C=O) groups is 2. The van der Waals surface area contributed by atoms with Crippen LogP contribution >= 0.6 is 11.8 Å². The van der Waals surface area contributed by atoms with Gasteiger partial charge >= 0.3 is 5.97 Å². The van der Waals surface area contributed by atoms with Crippen molar-refractivity contribution >= 4 is 29.5 Å². The van der Waals surface area contributed by atoms with Gasteiger partial charge in [-0.1, -0.05) is 23.9 Å². The summed E-state index contributed by atoms with van der Waals surface area (Å²) in [5, 5.41) is 3.09. The molecule has 1 amide bonds. The molecule has 1 aromatic heterocycles. The minimum Gasteiger partial charge on any atom is -0.486 e. The summed E-state index contributed by atoms with van der Waals surface area (Å²) in [6.07, 6.45) is 1.03. The largest absolute Gasteiger partial charge is 0.486 e. The molecule has 10 heteroatoms. The minimum atomic E-state index is -0.578. The topological polar surface area (TPSA) is 126 Å². The van der Waals surface area contributed by atoms with Gasteiger partial charge in [-0.25, -0.2) is 14.8 Å². The Balaban J connectivity index is 1.45. The number of benzene rings is 1. The smallest absolute Gasteiger partial charge is 0.343 e. The van der Waals surface area contributed by atoms with E-state index in [2.05, 4.69) is 15.3 Å². The first-order valence-corrected chi connectivity index (χ1v) is 9.63. The lowest BCUT2D eigenvalue weighted by Gasteiger charge is -2.26. The number of para-hydroxylation sites is 2. The van der Waals surface area contributed by atoms with Gasteiger partial charge < -0.3 is 25.3 Å². The number of hydrogen-bond acceptors (Lipinski definition) is 9. The van der Waals surface area contributed by atoms with Gasteiger partial charge in [-0.15, -0.1) is 0 Å². The monoisotopic (exact) mass is 404 g/mol. The van der Waals surface area contributed by atoms with E-state index in [0.717, 1.165) is 11.8 Å². The molecule has 9 nitrogen and oxygen atoms in total. The first kappa shape index (κ1) is 19.7. The van der Waals surface area contributed by atoms with Crippen molar-refractivity contribution < 1.29 is 23.8 Å². The molecular weight excluding hydrogens is 384 g/mol. The number of thioether (sulfide) groups is 1. The highest BCUT2D eigenvalue weighted by molar-refractivity contribution is 7.99. The van der Waals surface area contributed by atoms with Crippen molar-refractivity contribution in [3.05, 3.63) is 36.0 Å². The third kappa shape index (κ3) is 5.03. The van der Waals surface area contributed by atoms with Crippen LogP contribution in [0.5, 0.6) is 11.5 Å². The molecular formula is C18H20N4O5S. The number of carbonyl (C=O) groups excluding carboxylic acids is 2. The lowest BCUT2D eigenvalue weighted by molar-refractivity contribution is -0.119. The molecule has 0 spiro atoms. The number of nitrogens with one attached hydrogen (secondary N) is 1. The SMILES string of the molecule is CCOC(=O)c1cnc(SCC(=O)NCC2COc3ccccc3O2)nc1N. The first-order valence-electron chi connectivity index (χ1n) is 8.64. The van der Waals surface area contributed by atoms with E-state index in [0.29, 0.717) is 29.8 Å². The highest BCUT2D eigenvalue weighted by Gasteiger charge is 2.21. The van der Waals surface area contributed by atoms with Gasteiger partial charge in [0.15, 0.2) is 16.7 Å². The molecule has 0 fully saturated rings. The zero-order chi connectivity index (χ0) is 19.9. The van der Waals surface area contributed by atoms with Crippen LogP contribution in [0.25, 0.3) is 0 Å². The Morgan fingerprint density at radius 2 is 2.14 bits per heavy atom. The van der Waals surface area contributed by atoms with E-state index >= 15 is 0 Å². The molecule has 1 aliphatic heterocycles. The summed E-state index contributed by atoms with van der Waals surface area (Å²) in [6.45, 7) is 2.61. The first-order chi connectivity index (χ1) is 13.6. The number of ether oxygens (including phenoxy) is 3. The summed E-state index contributed by atoms with van der Waals surface area (Å²) < 4.78 is 16.3. The number of aromatic nitrogens is 2. The fraction of sp³-hybridized carbons (Fsp3) is 0.333. The Kier molecular flexibility index (Phi) is 6.53. The Bertz CT molecular complexity index is 864. The molecule has 1 unspecified atom stereocenters. The molecule has 0 saturated carbocycles. The fourth-order valence-corrected chi connectivity index (χ4v) is 3.04. The van der Waals surface area contributed by atoms with Gasteiger partial charge in [0, 0.05) is 6.20 Å². The molecule has 0 radical (unpaired) electrons. The summed E-state index contributed by atoms with van der Waals surface area (Å²) in [6, 6.07) is 7.38. The average molecular weight is 404 g/mol. The maximum absolute atomic E-state index is 12.1. The van der Waals surface area contributed by atoms with Crippen LogP contribution in [-0.4, -0.2) is 53.5 Å². The summed E-state index contributed by atoms with van der Waals surface area (Å²) >= 11 is 1.11. The lowest BCUT2D eigenvalue weighted by Crippen LogP contribution is -2.41. The molecule has 2 heterocycles. The maximum atomic E-state index is 12.1. The summed E-state index contributed by atoms with van der Waals surface area (Å²) in [7, 11) is 0. The van der Waals surface area contributed by atoms with Crippen molar-refractivity contribution in [3.8, 4) is 11.5 Å². The van der Waals surface area contributed by atoms with Crippen molar-refractivity contribution in [3.63, 3.8) is 0 Å². The second kappa shape index (κ2) is 9.27. The number of anilines is 1. The highest BCUT2D eigenvalue weighted by Crippen LogP contribution is 2.30. The van der Waals surface area contributed by atoms with Gasteiger partial charge in [-0.2, -0.15) is 0 Å². The quantitative estimate of drug-likeness (QED) is 0.399. The number of amides is 1. The van der Waals surface area contributed by atoms with Crippen LogP contribution in [0, 0.1) is 0 Å². The summed E-state index contributed by atoms with van der Waals surface area (Å²) in [4.78, 5) is 31.8. The molecule has 0 saturated heterocycles. The molecule has 3 rings (SSSR count). The second-order valence-corrected chi connectivity index (χ2v) is 6.70. The Hall–Kier alpha value is -3.01. The molecule has 2 aromatic rings. The van der Waals surface area contributed by atoms with Crippen molar-refractivity contribution in [2.45, 2.75) is 18.2 Å². The van der Waals surface area contributed by atoms with E-state index in [1.54, 1.807) is 6.92 Å². The molecule has 0 bridgehead atoms. The third-order valence-corrected chi connectivity index (χ3v) is 4.58. The standard InChI is InChI=1S/C18H20N4O5S/c1-2-25-17(24)12-8-21-18(22-16(12)19)28-10-15(23)20-7-11-9-26-13-5-3-4-6-14(13)27-11/h3-6,8,11H,2,7,9-10H2,1H3,(H,20,23)(H2,19,21,22). The van der Waals surface area contributed by atoms with Gasteiger partial charge in [0.05, 0.1) is 18.9 Å². The number of rotatable bonds is 7. The summed E-state index contributed by atoms with van der Waals surface area (Å²) in [5.74, 6) is 0.689. The third-order valence-electron chi connectivity index (χ3n) is 3.72.